The van der Waals surface area contributed by atoms with Gasteiger partial charge < -0.3 is 10.1 Å². The molecular weight excluding hydrogens is 261 g/mol. The van der Waals surface area contributed by atoms with Crippen molar-refractivity contribution < 1.29 is 9.53 Å². The molecule has 0 heterocycles. The van der Waals surface area contributed by atoms with Crippen molar-refractivity contribution in [1.29, 1.82) is 0 Å². The number of benzene rings is 1. The van der Waals surface area contributed by atoms with E-state index >= 15 is 0 Å². The molecule has 0 spiro atoms. The minimum absolute atomic E-state index is 0.166. The van der Waals surface area contributed by atoms with Crippen molar-refractivity contribution in [3.63, 3.8) is 0 Å². The zero-order valence-electron chi connectivity index (χ0n) is 9.58. The molecule has 1 rings (SSSR count). The maximum atomic E-state index is 11.0. The van der Waals surface area contributed by atoms with Crippen molar-refractivity contribution in [1.82, 2.24) is 5.32 Å². The van der Waals surface area contributed by atoms with Crippen LogP contribution in [0.4, 0.5) is 4.79 Å². The third-order valence-corrected chi connectivity index (χ3v) is 2.67. The highest BCUT2D eigenvalue weighted by atomic mass is 35.5. The Labute approximate surface area is 111 Å². The molecule has 0 saturated heterocycles. The van der Waals surface area contributed by atoms with E-state index < -0.39 is 6.09 Å². The monoisotopic (exact) mass is 275 g/mol. The average molecular weight is 276 g/mol. The van der Waals surface area contributed by atoms with Gasteiger partial charge in [0.1, 0.15) is 0 Å². The normalized spacial score (nSPS) is 11.9. The first-order valence-electron chi connectivity index (χ1n) is 5.41. The van der Waals surface area contributed by atoms with Crippen molar-refractivity contribution in [2.45, 2.75) is 18.7 Å². The number of alkyl carbamates (subject to hydrolysis) is 1. The molecule has 1 atom stereocenters. The van der Waals surface area contributed by atoms with Crippen LogP contribution >= 0.6 is 23.2 Å². The predicted octanol–water partition coefficient (Wildman–Crippen LogP) is 3.24. The fourth-order valence-corrected chi connectivity index (χ4v) is 1.71. The summed E-state index contributed by atoms with van der Waals surface area (Å²) in [5.74, 6) is 0. The van der Waals surface area contributed by atoms with Gasteiger partial charge in [0.2, 0.25) is 0 Å². The molecule has 0 fully saturated rings. The Balaban J connectivity index is 2.31. The molecule has 0 radical (unpaired) electrons. The van der Waals surface area contributed by atoms with E-state index in [0.29, 0.717) is 24.6 Å². The van der Waals surface area contributed by atoms with E-state index in [1.54, 1.807) is 6.92 Å². The van der Waals surface area contributed by atoms with Crippen molar-refractivity contribution >= 4 is 29.3 Å². The van der Waals surface area contributed by atoms with E-state index in [9.17, 15) is 4.79 Å². The summed E-state index contributed by atoms with van der Waals surface area (Å²) in [5.41, 5.74) is 1.08. The molecule has 94 valence electrons. The van der Waals surface area contributed by atoms with E-state index in [1.165, 1.54) is 0 Å². The van der Waals surface area contributed by atoms with Crippen LogP contribution in [0.25, 0.3) is 0 Å². The Morgan fingerprint density at radius 2 is 2.06 bits per heavy atom. The van der Waals surface area contributed by atoms with Gasteiger partial charge in [-0.15, -0.1) is 11.6 Å². The first-order valence-corrected chi connectivity index (χ1v) is 6.22. The molecule has 1 unspecified atom stereocenters. The Morgan fingerprint density at radius 3 is 2.65 bits per heavy atom. The van der Waals surface area contributed by atoms with Crippen molar-refractivity contribution in [2.24, 2.45) is 0 Å². The van der Waals surface area contributed by atoms with Gasteiger partial charge in [0.05, 0.1) is 12.0 Å². The molecule has 5 heteroatoms. The van der Waals surface area contributed by atoms with E-state index in [0.717, 1.165) is 5.56 Å². The molecule has 0 aliphatic rings. The molecule has 0 saturated carbocycles. The third kappa shape index (κ3) is 5.80. The van der Waals surface area contributed by atoms with Crippen LogP contribution < -0.4 is 5.32 Å². The summed E-state index contributed by atoms with van der Waals surface area (Å²) in [5, 5.41) is 3.13. The molecule has 0 aliphatic carbocycles. The zero-order valence-corrected chi connectivity index (χ0v) is 11.1. The van der Waals surface area contributed by atoms with Crippen LogP contribution in [0, 0.1) is 0 Å². The average Bonchev–Trinajstić information content (AvgIpc) is 2.30. The van der Waals surface area contributed by atoms with Crippen molar-refractivity contribution in [2.75, 3.05) is 13.2 Å². The second-order valence-electron chi connectivity index (χ2n) is 3.53. The number of amides is 1. The Hall–Kier alpha value is -0.930. The summed E-state index contributed by atoms with van der Waals surface area (Å²) in [6.45, 7) is 2.49. The van der Waals surface area contributed by atoms with Gasteiger partial charge in [0.15, 0.2) is 0 Å². The van der Waals surface area contributed by atoms with Crippen LogP contribution in [0.2, 0.25) is 5.02 Å². The number of ether oxygens (including phenoxy) is 1. The number of alkyl halides is 1. The maximum Gasteiger partial charge on any atom is 0.407 e. The van der Waals surface area contributed by atoms with Gasteiger partial charge in [-0.05, 0) is 31.0 Å². The van der Waals surface area contributed by atoms with Crippen molar-refractivity contribution in [3.05, 3.63) is 34.9 Å². The van der Waals surface area contributed by atoms with Gasteiger partial charge >= 0.3 is 6.09 Å². The highest BCUT2D eigenvalue weighted by molar-refractivity contribution is 6.30. The highest BCUT2D eigenvalue weighted by Crippen LogP contribution is 2.12. The summed E-state index contributed by atoms with van der Waals surface area (Å²) in [6, 6.07) is 7.47. The minimum Gasteiger partial charge on any atom is -0.450 e. The maximum absolute atomic E-state index is 11.0. The molecule has 1 aromatic carbocycles. The van der Waals surface area contributed by atoms with Crippen LogP contribution in [0.3, 0.4) is 0 Å². The van der Waals surface area contributed by atoms with Crippen LogP contribution in [0.1, 0.15) is 12.5 Å². The summed E-state index contributed by atoms with van der Waals surface area (Å²) in [4.78, 5) is 11.0. The number of hydrogen-bond donors (Lipinski definition) is 1. The third-order valence-electron chi connectivity index (χ3n) is 2.11. The SMILES string of the molecule is CCOC(=O)NCC(Cl)Cc1ccc(Cl)cc1. The summed E-state index contributed by atoms with van der Waals surface area (Å²) in [7, 11) is 0. The molecule has 1 N–H and O–H groups in total. The molecule has 3 nitrogen and oxygen atoms in total. The first-order chi connectivity index (χ1) is 8.11. The van der Waals surface area contributed by atoms with E-state index in [4.69, 9.17) is 27.9 Å². The van der Waals surface area contributed by atoms with E-state index in [2.05, 4.69) is 5.32 Å². The van der Waals surface area contributed by atoms with Gasteiger partial charge in [-0.3, -0.25) is 0 Å². The molecule has 1 aromatic rings. The first kappa shape index (κ1) is 14.1. The molecule has 17 heavy (non-hydrogen) atoms. The van der Waals surface area contributed by atoms with Gasteiger partial charge in [0.25, 0.3) is 0 Å². The molecule has 1 amide bonds. The Morgan fingerprint density at radius 1 is 1.41 bits per heavy atom. The zero-order chi connectivity index (χ0) is 12.7. The molecule has 0 bridgehead atoms. The fraction of sp³-hybridized carbons (Fsp3) is 0.417. The van der Waals surface area contributed by atoms with Gasteiger partial charge in [-0.25, -0.2) is 4.79 Å². The standard InChI is InChI=1S/C12H15Cl2NO2/c1-2-17-12(16)15-8-11(14)7-9-3-5-10(13)6-4-9/h3-6,11H,2,7-8H2,1H3,(H,15,16). The number of hydrogen-bond acceptors (Lipinski definition) is 2. The molecular formula is C12H15Cl2NO2. The lowest BCUT2D eigenvalue weighted by atomic mass is 10.1. The van der Waals surface area contributed by atoms with Crippen LogP contribution in [-0.4, -0.2) is 24.6 Å². The smallest absolute Gasteiger partial charge is 0.407 e. The van der Waals surface area contributed by atoms with Crippen LogP contribution in [0.5, 0.6) is 0 Å². The molecule has 0 aliphatic heterocycles. The second kappa shape index (κ2) is 7.41. The van der Waals surface area contributed by atoms with E-state index in [1.807, 2.05) is 24.3 Å². The summed E-state index contributed by atoms with van der Waals surface area (Å²) >= 11 is 11.9. The lowest BCUT2D eigenvalue weighted by molar-refractivity contribution is 0.152. The lowest BCUT2D eigenvalue weighted by Gasteiger charge is -2.10. The lowest BCUT2D eigenvalue weighted by Crippen LogP contribution is -2.31. The van der Waals surface area contributed by atoms with Gasteiger partial charge in [-0.2, -0.15) is 0 Å². The second-order valence-corrected chi connectivity index (χ2v) is 4.58. The van der Waals surface area contributed by atoms with Crippen molar-refractivity contribution in [3.8, 4) is 0 Å². The molecule has 0 aromatic heterocycles. The quantitative estimate of drug-likeness (QED) is 0.838. The van der Waals surface area contributed by atoms with Crippen LogP contribution in [0.15, 0.2) is 24.3 Å². The highest BCUT2D eigenvalue weighted by Gasteiger charge is 2.08. The minimum atomic E-state index is -0.436. The summed E-state index contributed by atoms with van der Waals surface area (Å²) in [6.07, 6.45) is 0.236. The topological polar surface area (TPSA) is 38.3 Å². The predicted molar refractivity (Wildman–Crippen MR) is 69.8 cm³/mol. The Bertz CT molecular complexity index is 354. The fourth-order valence-electron chi connectivity index (χ4n) is 1.32. The summed E-state index contributed by atoms with van der Waals surface area (Å²) < 4.78 is 4.73. The van der Waals surface area contributed by atoms with Gasteiger partial charge in [-0.1, -0.05) is 23.7 Å². The number of carbonyl (C=O) groups is 1. The Kier molecular flexibility index (Phi) is 6.16. The number of carbonyl (C=O) groups excluding carboxylic acids is 1. The van der Waals surface area contributed by atoms with Gasteiger partial charge in [0, 0.05) is 11.6 Å². The number of nitrogens with one attached hydrogen (secondary N) is 1. The number of halogens is 2. The van der Waals surface area contributed by atoms with E-state index in [-0.39, 0.29) is 5.38 Å². The van der Waals surface area contributed by atoms with Crippen LogP contribution in [-0.2, 0) is 11.2 Å². The number of rotatable bonds is 5. The largest absolute Gasteiger partial charge is 0.450 e.